The summed E-state index contributed by atoms with van der Waals surface area (Å²) in [4.78, 5) is 2.37. The van der Waals surface area contributed by atoms with Gasteiger partial charge in [0.05, 0.1) is 0 Å². The highest BCUT2D eigenvalue weighted by atomic mass is 35.5. The van der Waals surface area contributed by atoms with E-state index < -0.39 is 5.67 Å². The predicted octanol–water partition coefficient (Wildman–Crippen LogP) is 4.95. The van der Waals surface area contributed by atoms with E-state index in [0.717, 1.165) is 32.5 Å². The predicted molar refractivity (Wildman–Crippen MR) is 103 cm³/mol. The van der Waals surface area contributed by atoms with Crippen LogP contribution in [0.25, 0.3) is 0 Å². The minimum atomic E-state index is -1.34. The van der Waals surface area contributed by atoms with Crippen molar-refractivity contribution < 1.29 is 9.50 Å². The second kappa shape index (κ2) is 8.68. The quantitative estimate of drug-likeness (QED) is 0.812. The summed E-state index contributed by atoms with van der Waals surface area (Å²) in [5, 5.41) is 9.64. The van der Waals surface area contributed by atoms with Gasteiger partial charge in [0.2, 0.25) is 0 Å². The average Bonchev–Trinajstić information content (AvgIpc) is 2.59. The molecular weight excluding hydrogens is 337 g/mol. The van der Waals surface area contributed by atoms with E-state index in [-0.39, 0.29) is 24.1 Å². The van der Waals surface area contributed by atoms with Crippen LogP contribution in [-0.2, 0) is 12.1 Å². The van der Waals surface area contributed by atoms with Gasteiger partial charge in [0, 0.05) is 19.0 Å². The Morgan fingerprint density at radius 3 is 2.60 bits per heavy atom. The maximum absolute atomic E-state index is 15.5. The summed E-state index contributed by atoms with van der Waals surface area (Å²) in [6, 6.07) is 17.2. The van der Waals surface area contributed by atoms with Gasteiger partial charge < -0.3 is 10.0 Å². The number of phenols is 1. The van der Waals surface area contributed by atoms with Crippen molar-refractivity contribution in [3.8, 4) is 5.75 Å². The Bertz CT molecular complexity index is 666. The molecule has 0 amide bonds. The lowest BCUT2D eigenvalue weighted by Crippen LogP contribution is -2.46. The molecule has 2 aromatic rings. The second-order valence-electron chi connectivity index (χ2n) is 6.95. The molecule has 0 aromatic heterocycles. The number of piperidine rings is 1. The van der Waals surface area contributed by atoms with Crippen LogP contribution in [0.1, 0.15) is 30.9 Å². The molecule has 4 heteroatoms. The van der Waals surface area contributed by atoms with E-state index >= 15 is 4.39 Å². The van der Waals surface area contributed by atoms with Gasteiger partial charge in [0.15, 0.2) is 0 Å². The molecule has 1 N–H and O–H groups in total. The summed E-state index contributed by atoms with van der Waals surface area (Å²) in [6.45, 7) is 4.52. The Morgan fingerprint density at radius 2 is 1.92 bits per heavy atom. The van der Waals surface area contributed by atoms with E-state index in [1.54, 1.807) is 24.3 Å². The highest BCUT2D eigenvalue weighted by Crippen LogP contribution is 2.41. The molecule has 2 atom stereocenters. The molecule has 0 radical (unpaired) electrons. The highest BCUT2D eigenvalue weighted by Gasteiger charge is 2.42. The summed E-state index contributed by atoms with van der Waals surface area (Å²) in [5.41, 5.74) is 0.635. The Kier molecular flexibility index (Phi) is 6.86. The Balaban J connectivity index is 0.00000225. The number of alkyl halides is 1. The molecule has 25 heavy (non-hydrogen) atoms. The summed E-state index contributed by atoms with van der Waals surface area (Å²) >= 11 is 0. The fourth-order valence-electron chi connectivity index (χ4n) is 3.74. The molecule has 1 heterocycles. The van der Waals surface area contributed by atoms with Crippen LogP contribution in [0, 0.1) is 5.92 Å². The first kappa shape index (κ1) is 19.7. The zero-order chi connectivity index (χ0) is 17.0. The van der Waals surface area contributed by atoms with Gasteiger partial charge >= 0.3 is 0 Å². The highest BCUT2D eigenvalue weighted by molar-refractivity contribution is 5.85. The standard InChI is InChI=1S/C21H26FNO.ClH/c1-17-16-23(13-6-9-18-7-3-2-4-8-18)14-12-21(17,22)19-10-5-11-20(24)15-19;/h2-5,7-8,10-11,15,17,24H,6,9,12-14,16H2,1H3;1H. The zero-order valence-corrected chi connectivity index (χ0v) is 15.5. The normalized spacial score (nSPS) is 23.8. The Hall–Kier alpha value is -1.58. The third-order valence-electron chi connectivity index (χ3n) is 5.21. The number of aromatic hydroxyl groups is 1. The summed E-state index contributed by atoms with van der Waals surface area (Å²) in [7, 11) is 0. The van der Waals surface area contributed by atoms with Crippen molar-refractivity contribution in [2.45, 2.75) is 31.9 Å². The molecule has 0 bridgehead atoms. The largest absolute Gasteiger partial charge is 0.508 e. The van der Waals surface area contributed by atoms with Crippen molar-refractivity contribution >= 4 is 12.4 Å². The lowest BCUT2D eigenvalue weighted by atomic mass is 9.78. The van der Waals surface area contributed by atoms with Gasteiger partial charge in [-0.3, -0.25) is 0 Å². The SMILES string of the molecule is CC1CN(CCCc2ccccc2)CCC1(F)c1cccc(O)c1.Cl. The molecule has 1 fully saturated rings. The topological polar surface area (TPSA) is 23.5 Å². The van der Waals surface area contributed by atoms with Gasteiger partial charge in [-0.1, -0.05) is 49.4 Å². The third kappa shape index (κ3) is 4.74. The smallest absolute Gasteiger partial charge is 0.141 e. The van der Waals surface area contributed by atoms with Gasteiger partial charge in [-0.05, 0) is 49.1 Å². The van der Waals surface area contributed by atoms with Crippen LogP contribution < -0.4 is 0 Å². The monoisotopic (exact) mass is 363 g/mol. The van der Waals surface area contributed by atoms with E-state index in [9.17, 15) is 5.11 Å². The molecule has 1 aliphatic rings. The molecular formula is C21H27ClFNO. The van der Waals surface area contributed by atoms with Gasteiger partial charge in [-0.2, -0.15) is 0 Å². The van der Waals surface area contributed by atoms with Crippen LogP contribution in [0.5, 0.6) is 5.75 Å². The minimum Gasteiger partial charge on any atom is -0.508 e. The second-order valence-corrected chi connectivity index (χ2v) is 6.95. The summed E-state index contributed by atoms with van der Waals surface area (Å²) in [5.74, 6) is 0.0618. The number of phenolic OH excluding ortho intramolecular Hbond substituents is 1. The molecule has 2 aromatic carbocycles. The van der Waals surface area contributed by atoms with Crippen LogP contribution in [-0.4, -0.2) is 29.6 Å². The van der Waals surface area contributed by atoms with Gasteiger partial charge in [0.25, 0.3) is 0 Å². The zero-order valence-electron chi connectivity index (χ0n) is 14.7. The van der Waals surface area contributed by atoms with Crippen LogP contribution in [0.2, 0.25) is 0 Å². The molecule has 0 aliphatic carbocycles. The van der Waals surface area contributed by atoms with E-state index in [1.807, 2.05) is 13.0 Å². The number of hydrogen-bond donors (Lipinski definition) is 1. The minimum absolute atomic E-state index is 0. The first-order valence-corrected chi connectivity index (χ1v) is 8.82. The fraction of sp³-hybridized carbons (Fsp3) is 0.429. The number of rotatable bonds is 5. The van der Waals surface area contributed by atoms with Crippen molar-refractivity contribution in [1.29, 1.82) is 0 Å². The molecule has 136 valence electrons. The molecule has 0 saturated carbocycles. The van der Waals surface area contributed by atoms with Crippen molar-refractivity contribution in [3.05, 3.63) is 65.7 Å². The van der Waals surface area contributed by atoms with Crippen LogP contribution in [0.15, 0.2) is 54.6 Å². The number of hydrogen-bond acceptors (Lipinski definition) is 2. The first-order valence-electron chi connectivity index (χ1n) is 8.82. The van der Waals surface area contributed by atoms with Crippen molar-refractivity contribution in [2.24, 2.45) is 5.92 Å². The number of aryl methyl sites for hydroxylation is 1. The number of benzene rings is 2. The maximum Gasteiger partial charge on any atom is 0.141 e. The summed E-state index contributed by atoms with van der Waals surface area (Å²) < 4.78 is 15.5. The van der Waals surface area contributed by atoms with Crippen LogP contribution in [0.4, 0.5) is 4.39 Å². The first-order chi connectivity index (χ1) is 11.6. The lowest BCUT2D eigenvalue weighted by molar-refractivity contribution is 0.00119. The van der Waals surface area contributed by atoms with E-state index in [0.29, 0.717) is 12.0 Å². The number of nitrogens with zero attached hydrogens (tertiary/aromatic N) is 1. The third-order valence-corrected chi connectivity index (χ3v) is 5.21. The average molecular weight is 364 g/mol. The van der Waals surface area contributed by atoms with Crippen LogP contribution in [0.3, 0.4) is 0 Å². The van der Waals surface area contributed by atoms with Gasteiger partial charge in [-0.25, -0.2) is 4.39 Å². The fourth-order valence-corrected chi connectivity index (χ4v) is 3.74. The number of halogens is 2. The molecule has 2 unspecified atom stereocenters. The maximum atomic E-state index is 15.5. The molecule has 0 spiro atoms. The summed E-state index contributed by atoms with van der Waals surface area (Å²) in [6.07, 6.45) is 2.66. The van der Waals surface area contributed by atoms with E-state index in [2.05, 4.69) is 29.2 Å². The van der Waals surface area contributed by atoms with Crippen molar-refractivity contribution in [1.82, 2.24) is 4.90 Å². The Morgan fingerprint density at radius 1 is 1.16 bits per heavy atom. The lowest BCUT2D eigenvalue weighted by Gasteiger charge is -2.42. The van der Waals surface area contributed by atoms with E-state index in [4.69, 9.17) is 0 Å². The molecule has 1 aliphatic heterocycles. The van der Waals surface area contributed by atoms with Crippen molar-refractivity contribution in [2.75, 3.05) is 19.6 Å². The number of likely N-dealkylation sites (tertiary alicyclic amines) is 1. The van der Waals surface area contributed by atoms with Gasteiger partial charge in [0.1, 0.15) is 11.4 Å². The van der Waals surface area contributed by atoms with E-state index in [1.165, 1.54) is 5.56 Å². The molecule has 1 saturated heterocycles. The van der Waals surface area contributed by atoms with Crippen LogP contribution >= 0.6 is 12.4 Å². The Labute approximate surface area is 156 Å². The molecule has 3 rings (SSSR count). The van der Waals surface area contributed by atoms with Crippen molar-refractivity contribution in [3.63, 3.8) is 0 Å². The van der Waals surface area contributed by atoms with Gasteiger partial charge in [-0.15, -0.1) is 12.4 Å². The molecule has 2 nitrogen and oxygen atoms in total.